The predicted octanol–water partition coefficient (Wildman–Crippen LogP) is 2.04. The molecule has 2 heterocycles. The quantitative estimate of drug-likeness (QED) is 0.863. The van der Waals surface area contributed by atoms with E-state index in [0.29, 0.717) is 23.2 Å². The van der Waals surface area contributed by atoms with Crippen molar-refractivity contribution in [3.05, 3.63) is 36.0 Å². The van der Waals surface area contributed by atoms with Crippen molar-refractivity contribution in [2.75, 3.05) is 23.8 Å². The standard InChI is InChI=1S/C13H15N3O3S/c14-9-2-1-3-10(6-9)18-7-12-15-13(16-19-12)11-8-20-5-4-17-11/h1-3,6,11H,4-5,7-8,14H2. The van der Waals surface area contributed by atoms with Gasteiger partial charge in [0.25, 0.3) is 5.89 Å². The number of nitrogens with zero attached hydrogens (tertiary/aromatic N) is 2. The largest absolute Gasteiger partial charge is 0.484 e. The number of rotatable bonds is 4. The monoisotopic (exact) mass is 293 g/mol. The maximum absolute atomic E-state index is 5.68. The van der Waals surface area contributed by atoms with Crippen molar-refractivity contribution in [2.45, 2.75) is 12.7 Å². The second-order valence-electron chi connectivity index (χ2n) is 4.34. The maximum Gasteiger partial charge on any atom is 0.264 e. The van der Waals surface area contributed by atoms with E-state index in [1.807, 2.05) is 23.9 Å². The minimum absolute atomic E-state index is 0.0846. The number of thioether (sulfide) groups is 1. The molecule has 0 amide bonds. The zero-order valence-corrected chi connectivity index (χ0v) is 11.6. The molecule has 0 spiro atoms. The van der Waals surface area contributed by atoms with Crippen molar-refractivity contribution in [3.63, 3.8) is 0 Å². The van der Waals surface area contributed by atoms with Crippen LogP contribution in [0.4, 0.5) is 5.69 Å². The molecule has 106 valence electrons. The summed E-state index contributed by atoms with van der Waals surface area (Å²) in [6, 6.07) is 7.21. The molecule has 1 aromatic carbocycles. The number of benzene rings is 1. The van der Waals surface area contributed by atoms with Crippen LogP contribution in [-0.2, 0) is 11.3 Å². The van der Waals surface area contributed by atoms with Crippen LogP contribution in [0.15, 0.2) is 28.8 Å². The van der Waals surface area contributed by atoms with Crippen LogP contribution in [0.5, 0.6) is 5.75 Å². The molecule has 7 heteroatoms. The van der Waals surface area contributed by atoms with Gasteiger partial charge >= 0.3 is 0 Å². The number of hydrogen-bond acceptors (Lipinski definition) is 7. The highest BCUT2D eigenvalue weighted by Gasteiger charge is 2.22. The minimum atomic E-state index is -0.0846. The topological polar surface area (TPSA) is 83.4 Å². The molecule has 1 fully saturated rings. The molecule has 0 bridgehead atoms. The highest BCUT2D eigenvalue weighted by atomic mass is 32.2. The van der Waals surface area contributed by atoms with E-state index in [0.717, 1.165) is 18.1 Å². The van der Waals surface area contributed by atoms with Crippen LogP contribution in [0.3, 0.4) is 0 Å². The Hall–Kier alpha value is -1.73. The Balaban J connectivity index is 1.59. The Bertz CT molecular complexity index is 569. The molecule has 1 aliphatic rings. The number of anilines is 1. The van der Waals surface area contributed by atoms with Crippen molar-refractivity contribution < 1.29 is 14.0 Å². The zero-order chi connectivity index (χ0) is 13.8. The van der Waals surface area contributed by atoms with Crippen LogP contribution in [0.1, 0.15) is 17.8 Å². The average Bonchev–Trinajstić information content (AvgIpc) is 2.95. The molecule has 0 radical (unpaired) electrons. The smallest absolute Gasteiger partial charge is 0.264 e. The van der Waals surface area contributed by atoms with Gasteiger partial charge < -0.3 is 19.7 Å². The molecule has 2 N–H and O–H groups in total. The van der Waals surface area contributed by atoms with Gasteiger partial charge in [0.05, 0.1) is 6.61 Å². The Kier molecular flexibility index (Phi) is 4.08. The molecule has 3 rings (SSSR count). The lowest BCUT2D eigenvalue weighted by molar-refractivity contribution is 0.0677. The molecule has 1 aliphatic heterocycles. The summed E-state index contributed by atoms with van der Waals surface area (Å²) in [5, 5.41) is 3.94. The Morgan fingerprint density at radius 3 is 3.20 bits per heavy atom. The third-order valence-electron chi connectivity index (χ3n) is 2.81. The lowest BCUT2D eigenvalue weighted by atomic mass is 10.3. The fraction of sp³-hybridized carbons (Fsp3) is 0.385. The number of aromatic nitrogens is 2. The summed E-state index contributed by atoms with van der Waals surface area (Å²) in [5.74, 6) is 3.56. The van der Waals surface area contributed by atoms with E-state index in [1.54, 1.807) is 12.1 Å². The number of nitrogens with two attached hydrogens (primary N) is 1. The molecule has 1 aromatic heterocycles. The molecule has 2 aromatic rings. The van der Waals surface area contributed by atoms with Gasteiger partial charge in [0.1, 0.15) is 11.9 Å². The lowest BCUT2D eigenvalue weighted by Crippen LogP contribution is -2.16. The molecule has 1 atom stereocenters. The van der Waals surface area contributed by atoms with Gasteiger partial charge in [-0.2, -0.15) is 16.7 Å². The van der Waals surface area contributed by atoms with E-state index in [-0.39, 0.29) is 12.7 Å². The van der Waals surface area contributed by atoms with E-state index in [1.165, 1.54) is 0 Å². The summed E-state index contributed by atoms with van der Waals surface area (Å²) in [5.41, 5.74) is 6.33. The molecule has 6 nitrogen and oxygen atoms in total. The summed E-state index contributed by atoms with van der Waals surface area (Å²) in [6.45, 7) is 0.940. The summed E-state index contributed by atoms with van der Waals surface area (Å²) in [7, 11) is 0. The van der Waals surface area contributed by atoms with Gasteiger partial charge in [-0.25, -0.2) is 0 Å². The SMILES string of the molecule is Nc1cccc(OCc2nc(C3CSCCO3)no2)c1. The van der Waals surface area contributed by atoms with Crippen LogP contribution in [0.2, 0.25) is 0 Å². The second-order valence-corrected chi connectivity index (χ2v) is 5.49. The third kappa shape index (κ3) is 3.23. The maximum atomic E-state index is 5.68. The predicted molar refractivity (Wildman–Crippen MR) is 75.5 cm³/mol. The van der Waals surface area contributed by atoms with Gasteiger partial charge in [-0.05, 0) is 12.1 Å². The van der Waals surface area contributed by atoms with Crippen LogP contribution in [0, 0.1) is 0 Å². The highest BCUT2D eigenvalue weighted by molar-refractivity contribution is 7.99. The summed E-state index contributed by atoms with van der Waals surface area (Å²) in [6.07, 6.45) is -0.0846. The fourth-order valence-corrected chi connectivity index (χ4v) is 2.68. The molecule has 0 aliphatic carbocycles. The van der Waals surface area contributed by atoms with Crippen molar-refractivity contribution in [1.29, 1.82) is 0 Å². The number of ether oxygens (including phenoxy) is 2. The van der Waals surface area contributed by atoms with E-state index < -0.39 is 0 Å². The normalized spacial score (nSPS) is 18.9. The first-order chi connectivity index (χ1) is 9.81. The number of nitrogen functional groups attached to an aromatic ring is 1. The summed E-state index contributed by atoms with van der Waals surface area (Å²) in [4.78, 5) is 4.30. The first kappa shape index (κ1) is 13.3. The molecule has 1 unspecified atom stereocenters. The van der Waals surface area contributed by atoms with Crippen LogP contribution in [0.25, 0.3) is 0 Å². The Labute approximate surface area is 120 Å². The van der Waals surface area contributed by atoms with Crippen LogP contribution >= 0.6 is 11.8 Å². The van der Waals surface area contributed by atoms with Crippen molar-refractivity contribution in [1.82, 2.24) is 10.1 Å². The second kappa shape index (κ2) is 6.15. The number of hydrogen-bond donors (Lipinski definition) is 1. The van der Waals surface area contributed by atoms with E-state index in [9.17, 15) is 0 Å². The zero-order valence-electron chi connectivity index (χ0n) is 10.8. The Morgan fingerprint density at radius 1 is 1.45 bits per heavy atom. The molecular formula is C13H15N3O3S. The van der Waals surface area contributed by atoms with Crippen molar-refractivity contribution in [2.24, 2.45) is 0 Å². The van der Waals surface area contributed by atoms with E-state index >= 15 is 0 Å². The minimum Gasteiger partial charge on any atom is -0.484 e. The van der Waals surface area contributed by atoms with Crippen LogP contribution < -0.4 is 10.5 Å². The molecule has 0 saturated carbocycles. The summed E-state index contributed by atoms with van der Waals surface area (Å²) < 4.78 is 16.3. The average molecular weight is 293 g/mol. The first-order valence-corrected chi connectivity index (χ1v) is 7.47. The lowest BCUT2D eigenvalue weighted by Gasteiger charge is -2.18. The van der Waals surface area contributed by atoms with Crippen LogP contribution in [-0.4, -0.2) is 28.3 Å². The van der Waals surface area contributed by atoms with Gasteiger partial charge in [0.2, 0.25) is 5.82 Å². The van der Waals surface area contributed by atoms with E-state index in [4.69, 9.17) is 19.7 Å². The van der Waals surface area contributed by atoms with E-state index in [2.05, 4.69) is 10.1 Å². The van der Waals surface area contributed by atoms with Crippen molar-refractivity contribution >= 4 is 17.4 Å². The van der Waals surface area contributed by atoms with Crippen molar-refractivity contribution in [3.8, 4) is 5.75 Å². The van der Waals surface area contributed by atoms with Gasteiger partial charge in [-0.3, -0.25) is 0 Å². The van der Waals surface area contributed by atoms with Gasteiger partial charge in [0, 0.05) is 23.3 Å². The molecule has 20 heavy (non-hydrogen) atoms. The highest BCUT2D eigenvalue weighted by Crippen LogP contribution is 2.24. The molecular weight excluding hydrogens is 278 g/mol. The first-order valence-electron chi connectivity index (χ1n) is 6.31. The summed E-state index contributed by atoms with van der Waals surface area (Å²) >= 11 is 1.83. The van der Waals surface area contributed by atoms with Gasteiger partial charge in [0.15, 0.2) is 6.61 Å². The fourth-order valence-electron chi connectivity index (χ4n) is 1.84. The Morgan fingerprint density at radius 2 is 2.40 bits per heavy atom. The molecule has 1 saturated heterocycles. The van der Waals surface area contributed by atoms with Gasteiger partial charge in [-0.15, -0.1) is 0 Å². The van der Waals surface area contributed by atoms with Gasteiger partial charge in [-0.1, -0.05) is 11.2 Å². The third-order valence-corrected chi connectivity index (χ3v) is 3.80.